The fraction of sp³-hybridized carbons (Fsp3) is 0.400. The van der Waals surface area contributed by atoms with Crippen molar-refractivity contribution in [1.29, 1.82) is 0 Å². The van der Waals surface area contributed by atoms with Crippen molar-refractivity contribution in [3.05, 3.63) is 11.6 Å². The fourth-order valence-corrected chi connectivity index (χ4v) is 2.50. The smallest absolute Gasteiger partial charge is 0.228 e. The lowest BCUT2D eigenvalue weighted by Crippen LogP contribution is -2.26. The highest BCUT2D eigenvalue weighted by Gasteiger charge is 2.32. The van der Waals surface area contributed by atoms with Crippen molar-refractivity contribution in [2.24, 2.45) is 5.92 Å². The molecule has 1 aliphatic heterocycles. The summed E-state index contributed by atoms with van der Waals surface area (Å²) in [6.07, 6.45) is 2.00. The molecule has 1 aliphatic rings. The van der Waals surface area contributed by atoms with E-state index in [-0.39, 0.29) is 17.1 Å². The molecule has 1 N–H and O–H groups in total. The van der Waals surface area contributed by atoms with Crippen molar-refractivity contribution < 1.29 is 4.79 Å². The summed E-state index contributed by atoms with van der Waals surface area (Å²) in [7, 11) is 0. The zero-order valence-electron chi connectivity index (χ0n) is 9.30. The molecule has 18 heavy (non-hydrogen) atoms. The number of carbonyl (C=O) groups is 1. The van der Waals surface area contributed by atoms with Crippen molar-refractivity contribution in [2.75, 3.05) is 17.2 Å². The van der Waals surface area contributed by atoms with Crippen LogP contribution >= 0.6 is 24.2 Å². The van der Waals surface area contributed by atoms with Gasteiger partial charge in [-0.1, -0.05) is 0 Å². The van der Waals surface area contributed by atoms with E-state index in [2.05, 4.69) is 32.6 Å². The van der Waals surface area contributed by atoms with E-state index in [4.69, 9.17) is 11.6 Å². The standard InChI is InChI=1S/C10H10ClN5OS/c11-10-14-8-7(12-4-13-8)9(15-10)16-2-5(3-18)1-6(16)17/h4-5,18H,1-3H2,(H,12,13,14,15). The van der Waals surface area contributed by atoms with E-state index in [9.17, 15) is 4.79 Å². The maximum absolute atomic E-state index is 12.0. The van der Waals surface area contributed by atoms with Gasteiger partial charge in [0.05, 0.1) is 6.33 Å². The SMILES string of the molecule is O=C1CC(CS)CN1c1nc(Cl)nc2nc[nH]c12. The Hall–Kier alpha value is -1.34. The number of aromatic amines is 1. The van der Waals surface area contributed by atoms with E-state index in [1.807, 2.05) is 0 Å². The van der Waals surface area contributed by atoms with Crippen LogP contribution in [0.4, 0.5) is 5.82 Å². The Kier molecular flexibility index (Phi) is 2.87. The van der Waals surface area contributed by atoms with E-state index >= 15 is 0 Å². The van der Waals surface area contributed by atoms with Crippen LogP contribution < -0.4 is 4.90 Å². The Morgan fingerprint density at radius 1 is 1.56 bits per heavy atom. The van der Waals surface area contributed by atoms with Crippen LogP contribution in [0.3, 0.4) is 0 Å². The Bertz CT molecular complexity index is 615. The number of nitrogens with zero attached hydrogens (tertiary/aromatic N) is 4. The lowest BCUT2D eigenvalue weighted by molar-refractivity contribution is -0.117. The number of nitrogens with one attached hydrogen (secondary N) is 1. The largest absolute Gasteiger partial charge is 0.340 e. The van der Waals surface area contributed by atoms with Crippen LogP contribution in [0, 0.1) is 5.92 Å². The molecule has 0 saturated carbocycles. The summed E-state index contributed by atoms with van der Waals surface area (Å²) in [6.45, 7) is 0.601. The molecule has 3 rings (SSSR count). The third-order valence-electron chi connectivity index (χ3n) is 2.96. The molecule has 2 aromatic rings. The number of halogens is 1. The minimum atomic E-state index is 0.0275. The number of aromatic nitrogens is 4. The number of imidazole rings is 1. The van der Waals surface area contributed by atoms with Crippen molar-refractivity contribution >= 4 is 47.1 Å². The molecular formula is C10H10ClN5OS. The van der Waals surface area contributed by atoms with Gasteiger partial charge in [-0.25, -0.2) is 4.98 Å². The van der Waals surface area contributed by atoms with Gasteiger partial charge in [-0.15, -0.1) is 0 Å². The van der Waals surface area contributed by atoms with Crippen LogP contribution in [0.2, 0.25) is 5.28 Å². The molecule has 1 unspecified atom stereocenters. The number of hydrogen-bond acceptors (Lipinski definition) is 5. The van der Waals surface area contributed by atoms with Crippen LogP contribution in [0.15, 0.2) is 6.33 Å². The Morgan fingerprint density at radius 2 is 2.39 bits per heavy atom. The first-order chi connectivity index (χ1) is 8.69. The number of anilines is 1. The summed E-state index contributed by atoms with van der Waals surface area (Å²) in [5.41, 5.74) is 1.10. The molecule has 1 saturated heterocycles. The highest BCUT2D eigenvalue weighted by molar-refractivity contribution is 7.80. The minimum Gasteiger partial charge on any atom is -0.340 e. The maximum Gasteiger partial charge on any atom is 0.228 e. The third-order valence-corrected chi connectivity index (χ3v) is 3.64. The highest BCUT2D eigenvalue weighted by atomic mass is 35.5. The van der Waals surface area contributed by atoms with Crippen LogP contribution in [0.5, 0.6) is 0 Å². The predicted molar refractivity (Wildman–Crippen MR) is 71.0 cm³/mol. The zero-order chi connectivity index (χ0) is 12.7. The predicted octanol–water partition coefficient (Wildman–Crippen LogP) is 1.29. The fourth-order valence-electron chi connectivity index (χ4n) is 2.10. The monoisotopic (exact) mass is 283 g/mol. The van der Waals surface area contributed by atoms with E-state index in [1.165, 1.54) is 6.33 Å². The molecule has 1 amide bonds. The topological polar surface area (TPSA) is 74.8 Å². The normalized spacial score (nSPS) is 20.0. The number of carbonyl (C=O) groups excluding carboxylic acids is 1. The summed E-state index contributed by atoms with van der Waals surface area (Å²) >= 11 is 10.1. The van der Waals surface area contributed by atoms with E-state index in [0.717, 1.165) is 0 Å². The van der Waals surface area contributed by atoms with Crippen LogP contribution in [-0.2, 0) is 4.79 Å². The summed E-state index contributed by atoms with van der Waals surface area (Å²) in [6, 6.07) is 0. The molecule has 3 heterocycles. The highest BCUT2D eigenvalue weighted by Crippen LogP contribution is 2.29. The zero-order valence-corrected chi connectivity index (χ0v) is 10.9. The van der Waals surface area contributed by atoms with Gasteiger partial charge in [0.1, 0.15) is 5.52 Å². The molecule has 8 heteroatoms. The number of amides is 1. The van der Waals surface area contributed by atoms with Gasteiger partial charge in [-0.3, -0.25) is 9.69 Å². The summed E-state index contributed by atoms with van der Waals surface area (Å²) in [5, 5.41) is 0.0896. The first kappa shape index (κ1) is 11.7. The second kappa shape index (κ2) is 4.40. The molecule has 0 aliphatic carbocycles. The molecule has 94 valence electrons. The van der Waals surface area contributed by atoms with Gasteiger partial charge in [-0.2, -0.15) is 22.6 Å². The molecule has 0 bridgehead atoms. The van der Waals surface area contributed by atoms with E-state index in [0.29, 0.717) is 35.7 Å². The second-order valence-corrected chi connectivity index (χ2v) is 4.88. The average molecular weight is 284 g/mol. The maximum atomic E-state index is 12.0. The second-order valence-electron chi connectivity index (χ2n) is 4.17. The number of rotatable bonds is 2. The number of hydrogen-bond donors (Lipinski definition) is 2. The van der Waals surface area contributed by atoms with E-state index in [1.54, 1.807) is 4.90 Å². The van der Waals surface area contributed by atoms with Crippen molar-refractivity contribution in [3.8, 4) is 0 Å². The third kappa shape index (κ3) is 1.83. The molecular weight excluding hydrogens is 274 g/mol. The van der Waals surface area contributed by atoms with Gasteiger partial charge in [0.25, 0.3) is 0 Å². The molecule has 0 radical (unpaired) electrons. The Labute approximate surface area is 113 Å². The van der Waals surface area contributed by atoms with Gasteiger partial charge in [0, 0.05) is 13.0 Å². The van der Waals surface area contributed by atoms with Crippen LogP contribution in [-0.4, -0.2) is 38.1 Å². The lowest BCUT2D eigenvalue weighted by Gasteiger charge is -2.15. The first-order valence-corrected chi connectivity index (χ1v) is 6.48. The molecule has 1 atom stereocenters. The van der Waals surface area contributed by atoms with E-state index < -0.39 is 0 Å². The molecule has 1 fully saturated rings. The van der Waals surface area contributed by atoms with Crippen molar-refractivity contribution in [2.45, 2.75) is 6.42 Å². The molecule has 6 nitrogen and oxygen atoms in total. The van der Waals surface area contributed by atoms with Crippen LogP contribution in [0.1, 0.15) is 6.42 Å². The van der Waals surface area contributed by atoms with Gasteiger partial charge in [0.2, 0.25) is 11.2 Å². The number of thiol groups is 1. The first-order valence-electron chi connectivity index (χ1n) is 5.47. The minimum absolute atomic E-state index is 0.0275. The summed E-state index contributed by atoms with van der Waals surface area (Å²) < 4.78 is 0. The Morgan fingerprint density at radius 3 is 3.11 bits per heavy atom. The molecule has 2 aromatic heterocycles. The quantitative estimate of drug-likeness (QED) is 0.643. The van der Waals surface area contributed by atoms with Gasteiger partial charge in [0.15, 0.2) is 11.5 Å². The average Bonchev–Trinajstić information content (AvgIpc) is 2.94. The molecule has 0 spiro atoms. The summed E-state index contributed by atoms with van der Waals surface area (Å²) in [4.78, 5) is 28.7. The van der Waals surface area contributed by atoms with Crippen molar-refractivity contribution in [3.63, 3.8) is 0 Å². The lowest BCUT2D eigenvalue weighted by atomic mass is 10.1. The van der Waals surface area contributed by atoms with Crippen LogP contribution in [0.25, 0.3) is 11.2 Å². The number of fused-ring (bicyclic) bond motifs is 1. The molecule has 0 aromatic carbocycles. The number of H-pyrrole nitrogens is 1. The summed E-state index contributed by atoms with van der Waals surface area (Å²) in [5.74, 6) is 1.44. The van der Waals surface area contributed by atoms with Gasteiger partial charge >= 0.3 is 0 Å². The Balaban J connectivity index is 2.09. The van der Waals surface area contributed by atoms with Crippen molar-refractivity contribution in [1.82, 2.24) is 19.9 Å². The van der Waals surface area contributed by atoms with Gasteiger partial charge < -0.3 is 4.98 Å². The van der Waals surface area contributed by atoms with Gasteiger partial charge in [-0.05, 0) is 23.3 Å².